The van der Waals surface area contributed by atoms with E-state index in [1.165, 1.54) is 7.11 Å². The highest BCUT2D eigenvalue weighted by atomic mass is 32.1. The minimum Gasteiger partial charge on any atom is -0.465 e. The lowest BCUT2D eigenvalue weighted by Crippen LogP contribution is -2.30. The molecule has 0 spiro atoms. The van der Waals surface area contributed by atoms with E-state index < -0.39 is 0 Å². The maximum atomic E-state index is 12.5. The van der Waals surface area contributed by atoms with Gasteiger partial charge in [-0.1, -0.05) is 36.4 Å². The first-order valence-corrected chi connectivity index (χ1v) is 11.0. The van der Waals surface area contributed by atoms with Gasteiger partial charge in [0.1, 0.15) is 6.04 Å². The van der Waals surface area contributed by atoms with Crippen LogP contribution in [-0.4, -0.2) is 27.7 Å². The second-order valence-electron chi connectivity index (χ2n) is 7.64. The predicted octanol–water partition coefficient (Wildman–Crippen LogP) is 4.84. The minimum absolute atomic E-state index is 0.183. The predicted molar refractivity (Wildman–Crippen MR) is 131 cm³/mol. The molecule has 0 saturated carbocycles. The van der Waals surface area contributed by atoms with Crippen molar-refractivity contribution in [2.45, 2.75) is 12.1 Å². The molecule has 4 aromatic rings. The highest BCUT2D eigenvalue weighted by molar-refractivity contribution is 7.80. The molecule has 5 rings (SSSR count). The summed E-state index contributed by atoms with van der Waals surface area (Å²) in [5.74, 6) is -0.383. The Balaban J connectivity index is 1.69. The average Bonchev–Trinajstić information content (AvgIpc) is 3.48. The van der Waals surface area contributed by atoms with Gasteiger partial charge in [0, 0.05) is 23.8 Å². The Morgan fingerprint density at radius 3 is 2.48 bits per heavy atom. The van der Waals surface area contributed by atoms with Gasteiger partial charge in [0.2, 0.25) is 0 Å². The third-order valence-electron chi connectivity index (χ3n) is 5.78. The maximum Gasteiger partial charge on any atom is 0.339 e. The zero-order chi connectivity index (χ0) is 22.8. The van der Waals surface area contributed by atoms with Gasteiger partial charge in [-0.15, -0.1) is 0 Å². The number of anilines is 1. The van der Waals surface area contributed by atoms with Gasteiger partial charge < -0.3 is 19.5 Å². The van der Waals surface area contributed by atoms with Crippen LogP contribution in [0.4, 0.5) is 5.69 Å². The van der Waals surface area contributed by atoms with Crippen LogP contribution >= 0.6 is 12.2 Å². The van der Waals surface area contributed by atoms with Crippen molar-refractivity contribution in [1.29, 1.82) is 0 Å². The number of carbonyl (C=O) groups is 1. The second kappa shape index (κ2) is 8.88. The number of rotatable bonds is 5. The van der Waals surface area contributed by atoms with Gasteiger partial charge in [-0.2, -0.15) is 0 Å². The average molecular weight is 455 g/mol. The highest BCUT2D eigenvalue weighted by Gasteiger charge is 2.42. The van der Waals surface area contributed by atoms with Crippen molar-refractivity contribution in [2.24, 2.45) is 0 Å². The van der Waals surface area contributed by atoms with Crippen molar-refractivity contribution in [3.05, 3.63) is 114 Å². The van der Waals surface area contributed by atoms with Crippen molar-refractivity contribution in [3.8, 4) is 5.69 Å². The Kier molecular flexibility index (Phi) is 5.62. The molecule has 0 aliphatic carbocycles. The number of aromatic nitrogens is 2. The van der Waals surface area contributed by atoms with E-state index in [-0.39, 0.29) is 18.1 Å². The molecule has 6 nitrogen and oxygen atoms in total. The zero-order valence-corrected chi connectivity index (χ0v) is 18.8. The molecule has 3 heterocycles. The van der Waals surface area contributed by atoms with Crippen LogP contribution in [0.15, 0.2) is 97.3 Å². The van der Waals surface area contributed by atoms with E-state index in [2.05, 4.69) is 21.3 Å². The monoisotopic (exact) mass is 454 g/mol. The quantitative estimate of drug-likeness (QED) is 0.344. The molecule has 0 amide bonds. The Labute approximate surface area is 197 Å². The molecule has 1 saturated heterocycles. The van der Waals surface area contributed by atoms with E-state index in [0.29, 0.717) is 10.7 Å². The van der Waals surface area contributed by atoms with Crippen LogP contribution in [0.3, 0.4) is 0 Å². The minimum atomic E-state index is -0.383. The topological polar surface area (TPSA) is 59.4 Å². The Hall–Kier alpha value is -3.97. The van der Waals surface area contributed by atoms with Crippen LogP contribution in [0.2, 0.25) is 0 Å². The molecule has 7 heteroatoms. The second-order valence-corrected chi connectivity index (χ2v) is 8.03. The zero-order valence-electron chi connectivity index (χ0n) is 18.0. The van der Waals surface area contributed by atoms with E-state index >= 15 is 0 Å². The summed E-state index contributed by atoms with van der Waals surface area (Å²) in [6, 6.07) is 27.0. The number of hydrogen-bond acceptors (Lipinski definition) is 4. The molecule has 0 bridgehead atoms. The molecule has 0 radical (unpaired) electrons. The first-order chi connectivity index (χ1) is 16.2. The fourth-order valence-electron chi connectivity index (χ4n) is 4.34. The van der Waals surface area contributed by atoms with Gasteiger partial charge >= 0.3 is 5.97 Å². The molecule has 2 aromatic carbocycles. The van der Waals surface area contributed by atoms with Gasteiger partial charge in [-0.25, -0.2) is 4.79 Å². The van der Waals surface area contributed by atoms with Gasteiger partial charge in [0.25, 0.3) is 0 Å². The van der Waals surface area contributed by atoms with Gasteiger partial charge in [0.15, 0.2) is 5.11 Å². The highest BCUT2D eigenvalue weighted by Crippen LogP contribution is 2.42. The Morgan fingerprint density at radius 2 is 1.73 bits per heavy atom. The maximum absolute atomic E-state index is 12.5. The van der Waals surface area contributed by atoms with Crippen LogP contribution in [0.5, 0.6) is 0 Å². The molecule has 1 fully saturated rings. The van der Waals surface area contributed by atoms with Crippen molar-refractivity contribution in [1.82, 2.24) is 14.9 Å². The Bertz CT molecular complexity index is 1290. The fourth-order valence-corrected chi connectivity index (χ4v) is 4.69. The van der Waals surface area contributed by atoms with E-state index in [4.69, 9.17) is 17.0 Å². The van der Waals surface area contributed by atoms with E-state index in [9.17, 15) is 4.79 Å². The lowest BCUT2D eigenvalue weighted by molar-refractivity contribution is 0.0600. The lowest BCUT2D eigenvalue weighted by Gasteiger charge is -2.29. The molecule has 0 unspecified atom stereocenters. The standard InChI is InChI=1S/C26H22N4O2S/c1-32-25(31)19-12-5-6-14-21(19)29-17-9-15-22(29)24-23(20-13-7-8-16-27-20)28-26(33)30(24)18-10-3-2-4-11-18/h2-17,23-24H,1H3,(H,28,33)/t23-,24-/m0/s1. The molecule has 1 aliphatic heterocycles. The number of pyridine rings is 1. The molecular formula is C26H22N4O2S. The van der Waals surface area contributed by atoms with Gasteiger partial charge in [0.05, 0.1) is 30.1 Å². The summed E-state index contributed by atoms with van der Waals surface area (Å²) in [4.78, 5) is 19.2. The number of esters is 1. The van der Waals surface area contributed by atoms with Crippen LogP contribution in [-0.2, 0) is 4.74 Å². The normalized spacial score (nSPS) is 17.6. The van der Waals surface area contributed by atoms with Crippen LogP contribution in [0.25, 0.3) is 5.69 Å². The van der Waals surface area contributed by atoms with E-state index in [0.717, 1.165) is 22.8 Å². The third kappa shape index (κ3) is 3.76. The first-order valence-electron chi connectivity index (χ1n) is 10.6. The van der Waals surface area contributed by atoms with Crippen molar-refractivity contribution in [3.63, 3.8) is 0 Å². The summed E-state index contributed by atoms with van der Waals surface area (Å²) >= 11 is 5.80. The van der Waals surface area contributed by atoms with Crippen LogP contribution in [0, 0.1) is 0 Å². The van der Waals surface area contributed by atoms with Crippen molar-refractivity contribution < 1.29 is 9.53 Å². The number of methoxy groups -OCH3 is 1. The number of hydrogen-bond donors (Lipinski definition) is 1. The summed E-state index contributed by atoms with van der Waals surface area (Å²) in [5.41, 5.74) is 4.07. The van der Waals surface area contributed by atoms with Gasteiger partial charge in [-0.05, 0) is 60.7 Å². The summed E-state index contributed by atoms with van der Waals surface area (Å²) in [5, 5.41) is 4.10. The lowest BCUT2D eigenvalue weighted by atomic mass is 10.0. The first kappa shape index (κ1) is 20.9. The molecule has 164 valence electrons. The fraction of sp³-hybridized carbons (Fsp3) is 0.115. The molecule has 33 heavy (non-hydrogen) atoms. The van der Waals surface area contributed by atoms with Crippen molar-refractivity contribution >= 4 is 29.0 Å². The number of nitrogens with one attached hydrogen (secondary N) is 1. The summed E-state index contributed by atoms with van der Waals surface area (Å²) in [6.07, 6.45) is 3.74. The third-order valence-corrected chi connectivity index (χ3v) is 6.10. The van der Waals surface area contributed by atoms with Gasteiger partial charge in [-0.3, -0.25) is 4.98 Å². The summed E-state index contributed by atoms with van der Waals surface area (Å²) in [7, 11) is 1.39. The van der Waals surface area contributed by atoms with E-state index in [1.54, 1.807) is 12.3 Å². The van der Waals surface area contributed by atoms with Crippen LogP contribution < -0.4 is 10.2 Å². The molecule has 2 aromatic heterocycles. The number of carbonyl (C=O) groups excluding carboxylic acids is 1. The molecule has 1 N–H and O–H groups in total. The number of nitrogens with zero attached hydrogens (tertiary/aromatic N) is 3. The molecule has 2 atom stereocenters. The molecular weight excluding hydrogens is 432 g/mol. The number of benzene rings is 2. The molecule has 1 aliphatic rings. The number of thiocarbonyl (C=S) groups is 1. The smallest absolute Gasteiger partial charge is 0.339 e. The van der Waals surface area contributed by atoms with Crippen LogP contribution in [0.1, 0.15) is 33.8 Å². The Morgan fingerprint density at radius 1 is 0.970 bits per heavy atom. The number of ether oxygens (including phenoxy) is 1. The SMILES string of the molecule is COC(=O)c1ccccc1-n1cccc1[C@H]1[C@H](c2ccccn2)NC(=S)N1c1ccccc1. The largest absolute Gasteiger partial charge is 0.465 e. The summed E-state index contributed by atoms with van der Waals surface area (Å²) in [6.45, 7) is 0. The number of para-hydroxylation sites is 2. The summed E-state index contributed by atoms with van der Waals surface area (Å²) < 4.78 is 7.06. The van der Waals surface area contributed by atoms with E-state index in [1.807, 2.05) is 83.6 Å². The van der Waals surface area contributed by atoms with Crippen molar-refractivity contribution in [2.75, 3.05) is 12.0 Å².